The first kappa shape index (κ1) is 44.3. The highest BCUT2D eigenvalue weighted by Gasteiger charge is 2.38. The van der Waals surface area contributed by atoms with E-state index in [1.807, 2.05) is 90.8 Å². The van der Waals surface area contributed by atoms with Crippen LogP contribution in [0.25, 0.3) is 0 Å². The van der Waals surface area contributed by atoms with Crippen LogP contribution in [0.1, 0.15) is 48.5 Å². The summed E-state index contributed by atoms with van der Waals surface area (Å²) in [5, 5.41) is 13.5. The van der Waals surface area contributed by atoms with E-state index in [0.29, 0.717) is 84.8 Å². The Kier molecular flexibility index (Phi) is 13.2. The zero-order valence-corrected chi connectivity index (χ0v) is 37.3. The molecule has 4 aliphatic heterocycles. The average molecular weight is 896 g/mol. The van der Waals surface area contributed by atoms with E-state index in [1.165, 1.54) is 7.11 Å². The van der Waals surface area contributed by atoms with Gasteiger partial charge >= 0.3 is 5.97 Å². The van der Waals surface area contributed by atoms with E-state index in [4.69, 9.17) is 33.4 Å². The highest BCUT2D eigenvalue weighted by Crippen LogP contribution is 2.42. The zero-order valence-electron chi connectivity index (χ0n) is 37.3. The Balaban J connectivity index is 0.967. The third-order valence-electron chi connectivity index (χ3n) is 12.3. The molecule has 0 saturated heterocycles. The van der Waals surface area contributed by atoms with Gasteiger partial charge in [-0.05, 0) is 83.6 Å². The fraction of sp³-hybridized carbons (Fsp3) is 0.333. The molecule has 0 unspecified atom stereocenters. The largest absolute Gasteiger partial charge is 0.493 e. The van der Waals surface area contributed by atoms with Gasteiger partial charge in [0, 0.05) is 62.0 Å². The first-order valence-corrected chi connectivity index (χ1v) is 22.2. The number of methoxy groups -OCH3 is 2. The number of hydrogen-bond donors (Lipinski definition) is 2. The minimum atomic E-state index is -1.00. The summed E-state index contributed by atoms with van der Waals surface area (Å²) >= 11 is 0. The van der Waals surface area contributed by atoms with Crippen LogP contribution in [0.3, 0.4) is 0 Å². The molecule has 0 saturated carbocycles. The van der Waals surface area contributed by atoms with Crippen LogP contribution in [0, 0.1) is 6.92 Å². The maximum atomic E-state index is 14.0. The van der Waals surface area contributed by atoms with Crippen molar-refractivity contribution in [2.45, 2.75) is 45.1 Å². The summed E-state index contributed by atoms with van der Waals surface area (Å²) in [6.07, 6.45) is 3.27. The van der Waals surface area contributed by atoms with Gasteiger partial charge in [-0.25, -0.2) is 0 Å². The second kappa shape index (κ2) is 19.7. The lowest BCUT2D eigenvalue weighted by atomic mass is 10.1. The second-order valence-corrected chi connectivity index (χ2v) is 16.7. The van der Waals surface area contributed by atoms with Crippen LogP contribution >= 0.6 is 0 Å². The number of carboxylic acids is 1. The summed E-state index contributed by atoms with van der Waals surface area (Å²) in [6, 6.07) is 28.6. The number of amides is 2. The number of nitrogens with one attached hydrogen (secondary N) is 1. The van der Waals surface area contributed by atoms with Crippen LogP contribution < -0.4 is 34.2 Å². The van der Waals surface area contributed by atoms with Crippen molar-refractivity contribution in [3.63, 3.8) is 0 Å². The van der Waals surface area contributed by atoms with Crippen LogP contribution in [0.5, 0.6) is 17.2 Å². The summed E-state index contributed by atoms with van der Waals surface area (Å²) in [7, 11) is 3.14. The van der Waals surface area contributed by atoms with Crippen LogP contribution in [0.15, 0.2) is 96.0 Å². The fourth-order valence-corrected chi connectivity index (χ4v) is 9.13. The van der Waals surface area contributed by atoms with Crippen molar-refractivity contribution in [3.8, 4) is 17.2 Å². The molecule has 0 radical (unpaired) electrons. The predicted molar refractivity (Wildman–Crippen MR) is 251 cm³/mol. The number of carboxylic acid groups (broad SMARTS) is 1. The van der Waals surface area contributed by atoms with Crippen LogP contribution in [-0.2, 0) is 45.1 Å². The summed E-state index contributed by atoms with van der Waals surface area (Å²) in [5.41, 5.74) is 9.17. The minimum Gasteiger partial charge on any atom is -0.493 e. The quantitative estimate of drug-likeness (QED) is 0.0818. The topological polar surface area (TPSA) is 161 Å². The lowest BCUT2D eigenvalue weighted by Gasteiger charge is -2.25. The van der Waals surface area contributed by atoms with Crippen molar-refractivity contribution in [2.75, 3.05) is 86.9 Å². The maximum Gasteiger partial charge on any atom is 0.323 e. The van der Waals surface area contributed by atoms with Gasteiger partial charge in [-0.1, -0.05) is 36.4 Å². The highest BCUT2D eigenvalue weighted by atomic mass is 16.5. The van der Waals surface area contributed by atoms with Gasteiger partial charge in [0.1, 0.15) is 25.5 Å². The van der Waals surface area contributed by atoms with E-state index in [2.05, 4.69) is 11.4 Å². The number of aryl methyl sites for hydroxylation is 1. The summed E-state index contributed by atoms with van der Waals surface area (Å²) in [4.78, 5) is 50.5. The van der Waals surface area contributed by atoms with Crippen molar-refractivity contribution in [2.24, 2.45) is 4.99 Å². The molecule has 5 aromatic carbocycles. The number of benzene rings is 5. The molecule has 0 spiro atoms. The number of ether oxygens (including phenoxy) is 6. The Hall–Kier alpha value is -6.94. The number of carbonyl (C=O) groups excluding carboxylic acids is 2. The van der Waals surface area contributed by atoms with Crippen LogP contribution in [-0.4, -0.2) is 108 Å². The van der Waals surface area contributed by atoms with E-state index >= 15 is 0 Å². The standard InChI is InChI=1S/C51H53N5O10/c1-32-18-40-42(52-27-38-22-35-8-4-6-10-44(35)55(38)50(40)59)25-46(32)65-30-33-19-34(21-37(20-33)54(29-49(57)58)12-13-63-16-17-64-15-14-61-2)31-66-48-26-43-41(24-47(48)62-3)51(60)56-39(28-53-43)23-36-9-5-7-11-45(36)56/h4-11,18-21,24-26,28,38-39,52H,12-17,22-23,27,29-31H2,1-3H3,(H,57,58)/t38-,39-/m0/s1. The van der Waals surface area contributed by atoms with Gasteiger partial charge in [0.05, 0.1) is 74.7 Å². The summed E-state index contributed by atoms with van der Waals surface area (Å²) in [5.74, 6) is 0.151. The third kappa shape index (κ3) is 9.27. The molecule has 0 aliphatic carbocycles. The molecular formula is C51H53N5O10. The Morgan fingerprint density at radius 3 is 2.15 bits per heavy atom. The molecule has 15 nitrogen and oxygen atoms in total. The number of hydrogen-bond acceptors (Lipinski definition) is 12. The predicted octanol–water partition coefficient (Wildman–Crippen LogP) is 7.02. The van der Waals surface area contributed by atoms with Gasteiger partial charge in [0.25, 0.3) is 11.8 Å². The van der Waals surface area contributed by atoms with E-state index < -0.39 is 5.97 Å². The Bertz CT molecular complexity index is 2670. The molecule has 342 valence electrons. The van der Waals surface area contributed by atoms with Crippen molar-refractivity contribution in [1.82, 2.24) is 0 Å². The average Bonchev–Trinajstić information content (AvgIpc) is 3.81. The van der Waals surface area contributed by atoms with Gasteiger partial charge in [-0.3, -0.25) is 24.3 Å². The number of anilines is 4. The molecule has 4 heterocycles. The Morgan fingerprint density at radius 1 is 0.758 bits per heavy atom. The molecular weight excluding hydrogens is 843 g/mol. The Morgan fingerprint density at radius 2 is 1.42 bits per heavy atom. The number of nitrogens with zero attached hydrogens (tertiary/aromatic N) is 4. The lowest BCUT2D eigenvalue weighted by Crippen LogP contribution is -2.39. The van der Waals surface area contributed by atoms with Gasteiger partial charge in [-0.15, -0.1) is 0 Å². The third-order valence-corrected chi connectivity index (χ3v) is 12.3. The van der Waals surface area contributed by atoms with Gasteiger partial charge in [-0.2, -0.15) is 0 Å². The fourth-order valence-electron chi connectivity index (χ4n) is 9.13. The van der Waals surface area contributed by atoms with Crippen molar-refractivity contribution in [1.29, 1.82) is 0 Å². The second-order valence-electron chi connectivity index (χ2n) is 16.7. The maximum absolute atomic E-state index is 14.0. The van der Waals surface area contributed by atoms with Gasteiger partial charge < -0.3 is 48.6 Å². The SMILES string of the molecule is COCCOCCOCCN(CC(=O)O)c1cc(COc2cc3c(cc2C)C(=O)N2c4ccccc4C[C@H]2CN3)cc(COc2cc3c(cc2OC)C(=O)N2c4ccccc4C[C@H]2C=N3)c1. The molecule has 0 aromatic heterocycles. The number of para-hydroxylation sites is 2. The summed E-state index contributed by atoms with van der Waals surface area (Å²) in [6.45, 7) is 4.64. The van der Waals surface area contributed by atoms with Crippen LogP contribution in [0.2, 0.25) is 0 Å². The molecule has 5 aromatic rings. The number of carbonyl (C=O) groups is 3. The number of aliphatic imine (C=N–C) groups is 1. The summed E-state index contributed by atoms with van der Waals surface area (Å²) < 4.78 is 35.1. The van der Waals surface area contributed by atoms with Gasteiger partial charge in [0.15, 0.2) is 11.5 Å². The molecule has 9 rings (SSSR count). The molecule has 0 fully saturated rings. The Labute approximate surface area is 383 Å². The molecule has 0 bridgehead atoms. The molecule has 2 N–H and O–H groups in total. The van der Waals surface area contributed by atoms with E-state index in [1.54, 1.807) is 29.0 Å². The van der Waals surface area contributed by atoms with Crippen molar-refractivity contribution >= 4 is 52.4 Å². The highest BCUT2D eigenvalue weighted by molar-refractivity contribution is 6.15. The lowest BCUT2D eigenvalue weighted by molar-refractivity contribution is -0.135. The first-order chi connectivity index (χ1) is 32.2. The minimum absolute atomic E-state index is 0.000550. The van der Waals surface area contributed by atoms with Crippen molar-refractivity contribution < 1.29 is 47.9 Å². The monoisotopic (exact) mass is 895 g/mol. The smallest absolute Gasteiger partial charge is 0.323 e. The molecule has 2 amide bonds. The van der Waals surface area contributed by atoms with Crippen LogP contribution in [0.4, 0.5) is 28.4 Å². The van der Waals surface area contributed by atoms with E-state index in [0.717, 1.165) is 45.6 Å². The molecule has 2 atom stereocenters. The zero-order chi connectivity index (χ0) is 45.7. The van der Waals surface area contributed by atoms with E-state index in [9.17, 15) is 19.5 Å². The number of rotatable bonds is 19. The molecule has 4 aliphatic rings. The van der Waals surface area contributed by atoms with Gasteiger partial charge in [0.2, 0.25) is 0 Å². The normalized spacial score (nSPS) is 16.5. The molecule has 66 heavy (non-hydrogen) atoms. The molecule has 15 heteroatoms. The van der Waals surface area contributed by atoms with E-state index in [-0.39, 0.29) is 56.8 Å². The number of aliphatic carboxylic acids is 1. The van der Waals surface area contributed by atoms with Crippen molar-refractivity contribution in [3.05, 3.63) is 130 Å². The first-order valence-electron chi connectivity index (χ1n) is 22.2. The number of fused-ring (bicyclic) bond motifs is 8.